The van der Waals surface area contributed by atoms with E-state index in [1.165, 1.54) is 5.56 Å². The molecule has 0 fully saturated rings. The summed E-state index contributed by atoms with van der Waals surface area (Å²) in [6.45, 7) is 3.91. The van der Waals surface area contributed by atoms with Crippen LogP contribution in [0.15, 0.2) is 42.5 Å². The van der Waals surface area contributed by atoms with E-state index in [2.05, 4.69) is 12.1 Å². The number of hydrogen-bond donors (Lipinski definition) is 1. The predicted molar refractivity (Wildman–Crippen MR) is 101 cm³/mol. The van der Waals surface area contributed by atoms with Gasteiger partial charge in [0, 0.05) is 19.2 Å². The van der Waals surface area contributed by atoms with Gasteiger partial charge in [0.2, 0.25) is 0 Å². The zero-order valence-corrected chi connectivity index (χ0v) is 15.5. The van der Waals surface area contributed by atoms with Gasteiger partial charge in [-0.25, -0.2) is 4.79 Å². The molecule has 0 saturated heterocycles. The van der Waals surface area contributed by atoms with E-state index in [0.717, 1.165) is 24.0 Å². The van der Waals surface area contributed by atoms with Crippen LogP contribution in [0, 0.1) is 13.8 Å². The quantitative estimate of drug-likeness (QED) is 0.787. The second-order valence-corrected chi connectivity index (χ2v) is 6.44. The van der Waals surface area contributed by atoms with Crippen molar-refractivity contribution >= 4 is 11.9 Å². The molecule has 0 heterocycles. The van der Waals surface area contributed by atoms with Gasteiger partial charge in [0.25, 0.3) is 5.91 Å². The van der Waals surface area contributed by atoms with Gasteiger partial charge in [-0.1, -0.05) is 30.3 Å². The van der Waals surface area contributed by atoms with Gasteiger partial charge in [0.15, 0.2) is 6.61 Å². The van der Waals surface area contributed by atoms with Gasteiger partial charge in [-0.2, -0.15) is 0 Å². The lowest BCUT2D eigenvalue weighted by Crippen LogP contribution is -2.28. The van der Waals surface area contributed by atoms with Crippen LogP contribution < -0.4 is 4.74 Å². The lowest BCUT2D eigenvalue weighted by Gasteiger charge is -2.19. The maximum atomic E-state index is 12.7. The molecule has 0 aliphatic carbocycles. The second-order valence-electron chi connectivity index (χ2n) is 6.44. The first-order valence-electron chi connectivity index (χ1n) is 8.63. The van der Waals surface area contributed by atoms with Crippen LogP contribution in [0.1, 0.15) is 33.5 Å². The number of aryl methyl sites for hydroxylation is 3. The Morgan fingerprint density at radius 1 is 1.08 bits per heavy atom. The number of carboxylic acids is 1. The number of aliphatic carboxylic acids is 1. The van der Waals surface area contributed by atoms with E-state index < -0.39 is 12.6 Å². The number of carbonyl (C=O) groups is 2. The summed E-state index contributed by atoms with van der Waals surface area (Å²) < 4.78 is 5.31. The lowest BCUT2D eigenvalue weighted by molar-refractivity contribution is -0.139. The average Bonchev–Trinajstić information content (AvgIpc) is 2.60. The minimum absolute atomic E-state index is 0.0472. The first kappa shape index (κ1) is 19.5. The standard InChI is InChI=1S/C21H25NO4/c1-15-12-18(13-16(2)20(15)26-14-19(23)24)21(25)22(3)11-7-10-17-8-5-4-6-9-17/h4-6,8-9,12-13H,7,10-11,14H2,1-3H3,(H,23,24). The zero-order valence-electron chi connectivity index (χ0n) is 15.5. The van der Waals surface area contributed by atoms with Crippen molar-refractivity contribution in [3.05, 3.63) is 64.7 Å². The molecule has 0 spiro atoms. The summed E-state index contributed by atoms with van der Waals surface area (Å²) in [5, 5.41) is 8.75. The monoisotopic (exact) mass is 355 g/mol. The van der Waals surface area contributed by atoms with E-state index in [9.17, 15) is 9.59 Å². The molecule has 1 N–H and O–H groups in total. The highest BCUT2D eigenvalue weighted by Gasteiger charge is 2.15. The van der Waals surface area contributed by atoms with Crippen LogP contribution in [-0.4, -0.2) is 42.1 Å². The number of benzene rings is 2. The third-order valence-electron chi connectivity index (χ3n) is 4.20. The Hall–Kier alpha value is -2.82. The predicted octanol–water partition coefficient (Wildman–Crippen LogP) is 3.47. The van der Waals surface area contributed by atoms with Crippen molar-refractivity contribution in [2.45, 2.75) is 26.7 Å². The number of rotatable bonds is 8. The molecular weight excluding hydrogens is 330 g/mol. The average molecular weight is 355 g/mol. The number of nitrogens with zero attached hydrogens (tertiary/aromatic N) is 1. The number of hydrogen-bond acceptors (Lipinski definition) is 3. The number of ether oxygens (including phenoxy) is 1. The Labute approximate surface area is 154 Å². The van der Waals surface area contributed by atoms with Gasteiger partial charge in [-0.3, -0.25) is 4.79 Å². The maximum absolute atomic E-state index is 12.7. The van der Waals surface area contributed by atoms with E-state index in [1.54, 1.807) is 24.1 Å². The van der Waals surface area contributed by atoms with Crippen LogP contribution in [-0.2, 0) is 11.2 Å². The molecule has 0 saturated carbocycles. The molecule has 138 valence electrons. The van der Waals surface area contributed by atoms with Crippen molar-refractivity contribution in [3.8, 4) is 5.75 Å². The highest BCUT2D eigenvalue weighted by molar-refractivity contribution is 5.94. The highest BCUT2D eigenvalue weighted by Crippen LogP contribution is 2.25. The van der Waals surface area contributed by atoms with Crippen molar-refractivity contribution in [2.24, 2.45) is 0 Å². The molecule has 2 aromatic carbocycles. The first-order valence-corrected chi connectivity index (χ1v) is 8.63. The number of carboxylic acid groups (broad SMARTS) is 1. The summed E-state index contributed by atoms with van der Waals surface area (Å²) in [5.41, 5.74) is 3.37. The fourth-order valence-corrected chi connectivity index (χ4v) is 2.92. The molecule has 2 aromatic rings. The van der Waals surface area contributed by atoms with E-state index in [0.29, 0.717) is 17.9 Å². The van der Waals surface area contributed by atoms with Gasteiger partial charge in [-0.05, 0) is 55.5 Å². The van der Waals surface area contributed by atoms with E-state index in [-0.39, 0.29) is 5.91 Å². The molecule has 2 rings (SSSR count). The van der Waals surface area contributed by atoms with Gasteiger partial charge in [-0.15, -0.1) is 0 Å². The summed E-state index contributed by atoms with van der Waals surface area (Å²) in [5.74, 6) is -0.549. The van der Waals surface area contributed by atoms with Crippen LogP contribution >= 0.6 is 0 Å². The van der Waals surface area contributed by atoms with Crippen LogP contribution in [0.25, 0.3) is 0 Å². The van der Waals surface area contributed by atoms with Crippen LogP contribution in [0.2, 0.25) is 0 Å². The molecule has 26 heavy (non-hydrogen) atoms. The molecule has 0 aliphatic heterocycles. The third-order valence-corrected chi connectivity index (χ3v) is 4.20. The Balaban J connectivity index is 1.98. The van der Waals surface area contributed by atoms with E-state index in [1.807, 2.05) is 32.0 Å². The fraction of sp³-hybridized carbons (Fsp3) is 0.333. The normalized spacial score (nSPS) is 10.4. The second kappa shape index (κ2) is 9.04. The first-order chi connectivity index (χ1) is 12.4. The van der Waals surface area contributed by atoms with Crippen molar-refractivity contribution in [1.82, 2.24) is 4.90 Å². The largest absolute Gasteiger partial charge is 0.481 e. The van der Waals surface area contributed by atoms with Crippen molar-refractivity contribution in [1.29, 1.82) is 0 Å². The molecule has 1 amide bonds. The summed E-state index contributed by atoms with van der Waals surface area (Å²) in [7, 11) is 1.80. The van der Waals surface area contributed by atoms with E-state index >= 15 is 0 Å². The summed E-state index contributed by atoms with van der Waals surface area (Å²) >= 11 is 0. The molecule has 0 aromatic heterocycles. The third kappa shape index (κ3) is 5.34. The molecule has 0 bridgehead atoms. The van der Waals surface area contributed by atoms with E-state index in [4.69, 9.17) is 9.84 Å². The number of amides is 1. The molecular formula is C21H25NO4. The molecule has 5 heteroatoms. The van der Waals surface area contributed by atoms with Crippen LogP contribution in [0.5, 0.6) is 5.75 Å². The molecule has 0 aliphatic rings. The Kier molecular flexibility index (Phi) is 6.78. The highest BCUT2D eigenvalue weighted by atomic mass is 16.5. The minimum atomic E-state index is -1.03. The van der Waals surface area contributed by atoms with Crippen LogP contribution in [0.4, 0.5) is 0 Å². The van der Waals surface area contributed by atoms with Gasteiger partial charge < -0.3 is 14.7 Å². The molecule has 0 radical (unpaired) electrons. The van der Waals surface area contributed by atoms with Crippen LogP contribution in [0.3, 0.4) is 0 Å². The summed E-state index contributed by atoms with van der Waals surface area (Å²) in [6, 6.07) is 13.7. The Morgan fingerprint density at radius 2 is 1.69 bits per heavy atom. The van der Waals surface area contributed by atoms with Crippen molar-refractivity contribution < 1.29 is 19.4 Å². The smallest absolute Gasteiger partial charge is 0.341 e. The maximum Gasteiger partial charge on any atom is 0.341 e. The van der Waals surface area contributed by atoms with Gasteiger partial charge in [0.1, 0.15) is 5.75 Å². The minimum Gasteiger partial charge on any atom is -0.481 e. The topological polar surface area (TPSA) is 66.8 Å². The lowest BCUT2D eigenvalue weighted by atomic mass is 10.0. The molecule has 0 unspecified atom stereocenters. The molecule has 0 atom stereocenters. The molecule has 5 nitrogen and oxygen atoms in total. The number of carbonyl (C=O) groups excluding carboxylic acids is 1. The summed E-state index contributed by atoms with van der Waals surface area (Å²) in [4.78, 5) is 25.1. The van der Waals surface area contributed by atoms with Crippen molar-refractivity contribution in [3.63, 3.8) is 0 Å². The summed E-state index contributed by atoms with van der Waals surface area (Å²) in [6.07, 6.45) is 1.82. The Morgan fingerprint density at radius 3 is 2.27 bits per heavy atom. The van der Waals surface area contributed by atoms with Gasteiger partial charge in [0.05, 0.1) is 0 Å². The fourth-order valence-electron chi connectivity index (χ4n) is 2.92. The van der Waals surface area contributed by atoms with Crippen molar-refractivity contribution in [2.75, 3.05) is 20.2 Å². The zero-order chi connectivity index (χ0) is 19.1. The SMILES string of the molecule is Cc1cc(C(=O)N(C)CCCc2ccccc2)cc(C)c1OCC(=O)O. The Bertz CT molecular complexity index is 748. The van der Waals surface area contributed by atoms with Gasteiger partial charge >= 0.3 is 5.97 Å².